The summed E-state index contributed by atoms with van der Waals surface area (Å²) in [5.74, 6) is 0. The normalized spacial score (nSPS) is 11.7. The maximum atomic E-state index is 3.55. The standard InChI is InChI=1S/C12H18BrNS/c1-12(2,15-3)9-14-8-10-6-4-5-7-11(10)13/h4-7,14H,8-9H2,1-3H3. The van der Waals surface area contributed by atoms with Crippen molar-refractivity contribution in [1.29, 1.82) is 0 Å². The molecular formula is C12H18BrNS. The third-order valence-corrected chi connectivity index (χ3v) is 4.40. The summed E-state index contributed by atoms with van der Waals surface area (Å²) < 4.78 is 1.49. The maximum Gasteiger partial charge on any atom is 0.0225 e. The summed E-state index contributed by atoms with van der Waals surface area (Å²) in [6.07, 6.45) is 2.15. The average Bonchev–Trinajstić information content (AvgIpc) is 2.21. The molecule has 0 fully saturated rings. The molecule has 0 saturated heterocycles. The summed E-state index contributed by atoms with van der Waals surface area (Å²) in [7, 11) is 0. The molecule has 0 aromatic heterocycles. The van der Waals surface area contributed by atoms with Gasteiger partial charge in [0.15, 0.2) is 0 Å². The molecule has 15 heavy (non-hydrogen) atoms. The number of hydrogen-bond acceptors (Lipinski definition) is 2. The lowest BCUT2D eigenvalue weighted by molar-refractivity contribution is 0.590. The average molecular weight is 288 g/mol. The number of benzene rings is 1. The lowest BCUT2D eigenvalue weighted by Crippen LogP contribution is -2.31. The van der Waals surface area contributed by atoms with Crippen LogP contribution in [0.3, 0.4) is 0 Å². The second-order valence-electron chi connectivity index (χ2n) is 4.16. The molecule has 0 spiro atoms. The molecule has 1 nitrogen and oxygen atoms in total. The van der Waals surface area contributed by atoms with Gasteiger partial charge in [0, 0.05) is 22.3 Å². The van der Waals surface area contributed by atoms with Crippen molar-refractivity contribution < 1.29 is 0 Å². The molecule has 0 atom stereocenters. The monoisotopic (exact) mass is 287 g/mol. The molecule has 0 aliphatic carbocycles. The smallest absolute Gasteiger partial charge is 0.0225 e. The number of thioether (sulfide) groups is 1. The molecule has 0 heterocycles. The van der Waals surface area contributed by atoms with Crippen LogP contribution in [0.1, 0.15) is 19.4 Å². The molecule has 84 valence electrons. The fourth-order valence-corrected chi connectivity index (χ4v) is 1.88. The zero-order valence-electron chi connectivity index (χ0n) is 9.51. The van der Waals surface area contributed by atoms with Gasteiger partial charge in [-0.1, -0.05) is 34.1 Å². The Balaban J connectivity index is 2.42. The molecule has 0 bridgehead atoms. The van der Waals surface area contributed by atoms with Crippen molar-refractivity contribution in [3.63, 3.8) is 0 Å². The Morgan fingerprint density at radius 3 is 2.60 bits per heavy atom. The Bertz CT molecular complexity index is 312. The van der Waals surface area contributed by atoms with Crippen LogP contribution in [0.15, 0.2) is 28.7 Å². The van der Waals surface area contributed by atoms with Crippen LogP contribution in [0.4, 0.5) is 0 Å². The maximum absolute atomic E-state index is 3.55. The van der Waals surface area contributed by atoms with Crippen molar-refractivity contribution in [2.45, 2.75) is 25.1 Å². The highest BCUT2D eigenvalue weighted by molar-refractivity contribution is 9.10. The van der Waals surface area contributed by atoms with Gasteiger partial charge in [-0.15, -0.1) is 0 Å². The van der Waals surface area contributed by atoms with Crippen molar-refractivity contribution in [1.82, 2.24) is 5.32 Å². The summed E-state index contributed by atoms with van der Waals surface area (Å²) in [4.78, 5) is 0. The van der Waals surface area contributed by atoms with Crippen molar-refractivity contribution in [2.24, 2.45) is 0 Å². The fourth-order valence-electron chi connectivity index (χ4n) is 1.21. The molecule has 1 N–H and O–H groups in total. The van der Waals surface area contributed by atoms with Crippen LogP contribution in [0.5, 0.6) is 0 Å². The molecule has 0 aliphatic rings. The Kier molecular flexibility index (Phi) is 5.16. The summed E-state index contributed by atoms with van der Waals surface area (Å²) in [6, 6.07) is 8.33. The molecule has 1 aromatic rings. The predicted octanol–water partition coefficient (Wildman–Crippen LogP) is 3.68. The molecule has 0 aliphatic heterocycles. The number of rotatable bonds is 5. The predicted molar refractivity (Wildman–Crippen MR) is 73.4 cm³/mol. The lowest BCUT2D eigenvalue weighted by atomic mass is 10.2. The van der Waals surface area contributed by atoms with Gasteiger partial charge in [-0.3, -0.25) is 0 Å². The molecular weight excluding hydrogens is 270 g/mol. The minimum absolute atomic E-state index is 0.307. The summed E-state index contributed by atoms with van der Waals surface area (Å²) in [5.41, 5.74) is 1.31. The van der Waals surface area contributed by atoms with Gasteiger partial charge in [0.05, 0.1) is 0 Å². The SMILES string of the molecule is CSC(C)(C)CNCc1ccccc1Br. The van der Waals surface area contributed by atoms with Gasteiger partial charge in [-0.25, -0.2) is 0 Å². The molecule has 1 aromatic carbocycles. The van der Waals surface area contributed by atoms with Gasteiger partial charge >= 0.3 is 0 Å². The van der Waals surface area contributed by atoms with E-state index in [1.54, 1.807) is 0 Å². The van der Waals surface area contributed by atoms with Crippen LogP contribution in [-0.2, 0) is 6.54 Å². The van der Waals surface area contributed by atoms with E-state index in [1.807, 2.05) is 17.8 Å². The van der Waals surface area contributed by atoms with Crippen LogP contribution >= 0.6 is 27.7 Å². The van der Waals surface area contributed by atoms with Crippen molar-refractivity contribution in [2.75, 3.05) is 12.8 Å². The zero-order valence-corrected chi connectivity index (χ0v) is 11.9. The van der Waals surface area contributed by atoms with E-state index in [0.717, 1.165) is 13.1 Å². The third kappa shape index (κ3) is 4.58. The lowest BCUT2D eigenvalue weighted by Gasteiger charge is -2.22. The highest BCUT2D eigenvalue weighted by Gasteiger charge is 2.14. The van der Waals surface area contributed by atoms with Crippen molar-refractivity contribution in [3.05, 3.63) is 34.3 Å². The summed E-state index contributed by atoms with van der Waals surface area (Å²) in [6.45, 7) is 6.45. The minimum Gasteiger partial charge on any atom is -0.311 e. The number of nitrogens with one attached hydrogen (secondary N) is 1. The minimum atomic E-state index is 0.307. The first-order chi connectivity index (χ1) is 7.05. The summed E-state index contributed by atoms with van der Waals surface area (Å²) >= 11 is 5.44. The van der Waals surface area contributed by atoms with E-state index in [1.165, 1.54) is 10.0 Å². The third-order valence-electron chi connectivity index (χ3n) is 2.38. The van der Waals surface area contributed by atoms with Crippen molar-refractivity contribution in [3.8, 4) is 0 Å². The van der Waals surface area contributed by atoms with Crippen LogP contribution in [0.2, 0.25) is 0 Å². The van der Waals surface area contributed by atoms with E-state index < -0.39 is 0 Å². The second-order valence-corrected chi connectivity index (χ2v) is 6.53. The van der Waals surface area contributed by atoms with E-state index in [-0.39, 0.29) is 0 Å². The van der Waals surface area contributed by atoms with Crippen LogP contribution in [0, 0.1) is 0 Å². The van der Waals surface area contributed by atoms with Gasteiger partial charge in [0.1, 0.15) is 0 Å². The second kappa shape index (κ2) is 5.92. The molecule has 1 rings (SSSR count). The number of hydrogen-bond donors (Lipinski definition) is 1. The Morgan fingerprint density at radius 1 is 1.33 bits per heavy atom. The molecule has 0 radical (unpaired) electrons. The molecule has 0 saturated carbocycles. The Labute approximate surface area is 105 Å². The van der Waals surface area contributed by atoms with E-state index in [4.69, 9.17) is 0 Å². The summed E-state index contributed by atoms with van der Waals surface area (Å²) in [5, 5.41) is 3.48. The first kappa shape index (κ1) is 13.1. The van der Waals surface area contributed by atoms with E-state index in [9.17, 15) is 0 Å². The quantitative estimate of drug-likeness (QED) is 0.887. The van der Waals surface area contributed by atoms with Crippen LogP contribution < -0.4 is 5.32 Å². The molecule has 0 amide bonds. The Hall–Kier alpha value is 0.01000. The van der Waals surface area contributed by atoms with Crippen LogP contribution in [-0.4, -0.2) is 17.5 Å². The van der Waals surface area contributed by atoms with Crippen molar-refractivity contribution >= 4 is 27.7 Å². The van der Waals surface area contributed by atoms with E-state index in [2.05, 4.69) is 59.5 Å². The van der Waals surface area contributed by atoms with Gasteiger partial charge in [-0.05, 0) is 31.7 Å². The zero-order chi connectivity index (χ0) is 11.3. The first-order valence-corrected chi connectivity index (χ1v) is 7.06. The topological polar surface area (TPSA) is 12.0 Å². The largest absolute Gasteiger partial charge is 0.311 e. The fraction of sp³-hybridized carbons (Fsp3) is 0.500. The van der Waals surface area contributed by atoms with Crippen LogP contribution in [0.25, 0.3) is 0 Å². The molecule has 3 heteroatoms. The van der Waals surface area contributed by atoms with E-state index in [0.29, 0.717) is 4.75 Å². The van der Waals surface area contributed by atoms with E-state index >= 15 is 0 Å². The Morgan fingerprint density at radius 2 is 2.00 bits per heavy atom. The molecule has 0 unspecified atom stereocenters. The highest BCUT2D eigenvalue weighted by Crippen LogP contribution is 2.20. The van der Waals surface area contributed by atoms with Gasteiger partial charge in [0.25, 0.3) is 0 Å². The number of halogens is 1. The highest BCUT2D eigenvalue weighted by atomic mass is 79.9. The van der Waals surface area contributed by atoms with Gasteiger partial charge < -0.3 is 5.32 Å². The van der Waals surface area contributed by atoms with Gasteiger partial charge in [-0.2, -0.15) is 11.8 Å². The first-order valence-electron chi connectivity index (χ1n) is 5.04. The van der Waals surface area contributed by atoms with Gasteiger partial charge in [0.2, 0.25) is 0 Å².